The fourth-order valence-electron chi connectivity index (χ4n) is 0.570. The van der Waals surface area contributed by atoms with E-state index in [2.05, 4.69) is 6.07 Å². The summed E-state index contributed by atoms with van der Waals surface area (Å²) >= 11 is 0. The first-order valence-electron chi connectivity index (χ1n) is 2.64. The molecule has 13 heavy (non-hydrogen) atoms. The van der Waals surface area contributed by atoms with Crippen molar-refractivity contribution >= 4 is 40.0 Å². The molecule has 0 aliphatic heterocycles. The minimum Gasteiger partial charge on any atom is -1.00 e. The van der Waals surface area contributed by atoms with Crippen molar-refractivity contribution in [1.29, 1.82) is 0 Å². The predicted molar refractivity (Wildman–Crippen MR) is 46.4 cm³/mol. The van der Waals surface area contributed by atoms with E-state index in [1.54, 1.807) is 0 Å². The van der Waals surface area contributed by atoms with Crippen LogP contribution >= 0.6 is 17.0 Å². The van der Waals surface area contributed by atoms with Gasteiger partial charge in [-0.2, -0.15) is 43.5 Å². The first-order valence-corrected chi connectivity index (χ1v) is 2.64. The van der Waals surface area contributed by atoms with Crippen molar-refractivity contribution < 1.29 is 17.9 Å². The average Bonchev–Trinajstić information content (AvgIpc) is 1.88. The first-order chi connectivity index (χ1) is 4.61. The number of hydrogen-bond acceptors (Lipinski definition) is 0. The molecule has 0 aliphatic rings. The van der Waals surface area contributed by atoms with Gasteiger partial charge in [0.25, 0.3) is 0 Å². The maximum atomic E-state index is 11.8. The summed E-state index contributed by atoms with van der Waals surface area (Å²) in [7, 11) is 0. The van der Waals surface area contributed by atoms with E-state index in [0.717, 1.165) is 12.1 Å². The van der Waals surface area contributed by atoms with Crippen molar-refractivity contribution in [3.8, 4) is 0 Å². The zero-order valence-corrected chi connectivity index (χ0v) is 9.56. The summed E-state index contributed by atoms with van der Waals surface area (Å²) < 4.78 is 35.3. The number of halogens is 5. The van der Waals surface area contributed by atoms with E-state index < -0.39 is 11.7 Å². The largest absolute Gasteiger partial charge is 2.00 e. The van der Waals surface area contributed by atoms with Gasteiger partial charge in [0.15, 0.2) is 0 Å². The second kappa shape index (κ2) is 7.58. The molecule has 1 aromatic rings. The Labute approximate surface area is 99.8 Å². The maximum Gasteiger partial charge on any atom is 2.00 e. The van der Waals surface area contributed by atoms with Crippen LogP contribution in [-0.4, -0.2) is 23.1 Å². The van der Waals surface area contributed by atoms with Crippen LogP contribution in [0.2, 0.25) is 0 Å². The zero-order chi connectivity index (χ0) is 7.61. The molecule has 1 aromatic carbocycles. The Balaban J connectivity index is -0.000000333. The molecule has 0 heterocycles. The third-order valence-electron chi connectivity index (χ3n) is 1.03. The van der Waals surface area contributed by atoms with Crippen molar-refractivity contribution in [1.82, 2.24) is 0 Å². The summed E-state index contributed by atoms with van der Waals surface area (Å²) in [6.45, 7) is 0. The maximum absolute atomic E-state index is 11.8. The van der Waals surface area contributed by atoms with E-state index in [4.69, 9.17) is 0 Å². The van der Waals surface area contributed by atoms with Crippen molar-refractivity contribution in [3.63, 3.8) is 0 Å². The van der Waals surface area contributed by atoms with Gasteiger partial charge >= 0.3 is 29.2 Å². The second-order valence-electron chi connectivity index (χ2n) is 1.79. The molecule has 0 saturated heterocycles. The summed E-state index contributed by atoms with van der Waals surface area (Å²) in [6.07, 6.45) is -4.24. The van der Waals surface area contributed by atoms with Crippen LogP contribution in [0.4, 0.5) is 13.2 Å². The molecule has 0 bridgehead atoms. The summed E-state index contributed by atoms with van der Waals surface area (Å²) in [5.41, 5.74) is -0.657. The van der Waals surface area contributed by atoms with Gasteiger partial charge in [0, 0.05) is 0 Å². The molecular weight excluding hydrogens is 264 g/mol. The molecule has 0 aromatic heterocycles. The van der Waals surface area contributed by atoms with Crippen molar-refractivity contribution in [2.75, 3.05) is 0 Å². The van der Waals surface area contributed by atoms with E-state index in [0.29, 0.717) is 0 Å². The van der Waals surface area contributed by atoms with Crippen LogP contribution in [-0.2, 0) is 6.18 Å². The molecule has 0 fully saturated rings. The van der Waals surface area contributed by atoms with Crippen LogP contribution in [0.1, 0.15) is 5.56 Å². The van der Waals surface area contributed by atoms with Crippen LogP contribution < -0.4 is 4.70 Å². The molecule has 6 heteroatoms. The van der Waals surface area contributed by atoms with Crippen LogP contribution in [0.25, 0.3) is 0 Å². The van der Waals surface area contributed by atoms with Crippen molar-refractivity contribution in [2.24, 2.45) is 0 Å². The van der Waals surface area contributed by atoms with E-state index in [1.807, 2.05) is 0 Å². The third-order valence-corrected chi connectivity index (χ3v) is 1.03. The fourth-order valence-corrected chi connectivity index (χ4v) is 0.570. The van der Waals surface area contributed by atoms with Gasteiger partial charge < -0.3 is 4.70 Å². The van der Waals surface area contributed by atoms with Gasteiger partial charge in [0.05, 0.1) is 0 Å². The second-order valence-corrected chi connectivity index (χ2v) is 1.79. The van der Waals surface area contributed by atoms with Gasteiger partial charge in [0.2, 0.25) is 0 Å². The van der Waals surface area contributed by atoms with Gasteiger partial charge in [-0.05, 0) is 0 Å². The number of rotatable bonds is 0. The summed E-state index contributed by atoms with van der Waals surface area (Å²) in [5.74, 6) is 0. The minimum absolute atomic E-state index is 0. The van der Waals surface area contributed by atoms with Crippen LogP contribution in [0.15, 0.2) is 24.3 Å². The molecular formula is C7H5BrF4Mg. The van der Waals surface area contributed by atoms with E-state index in [1.165, 1.54) is 12.1 Å². The molecule has 0 radical (unpaired) electrons. The standard InChI is InChI=1S/C7H4F3.BrH.FH.Mg/c8-7(9,10)6-4-2-1-3-5-6;;;/h1-2,4-5H;2*1H;/q-1;;;+2/p-1. The Morgan fingerprint density at radius 1 is 1.23 bits per heavy atom. The molecule has 0 aliphatic carbocycles. The van der Waals surface area contributed by atoms with Crippen molar-refractivity contribution in [3.05, 3.63) is 35.9 Å². The van der Waals surface area contributed by atoms with E-state index in [-0.39, 0.29) is 44.7 Å². The van der Waals surface area contributed by atoms with Crippen molar-refractivity contribution in [2.45, 2.75) is 6.18 Å². The summed E-state index contributed by atoms with van der Waals surface area (Å²) in [6, 6.07) is 7.01. The van der Waals surface area contributed by atoms with Crippen LogP contribution in [0, 0.1) is 6.07 Å². The minimum atomic E-state index is -4.24. The molecule has 0 amide bonds. The number of benzene rings is 1. The molecule has 0 spiro atoms. The quantitative estimate of drug-likeness (QED) is 0.345. The van der Waals surface area contributed by atoms with E-state index >= 15 is 0 Å². The Hall–Kier alpha value is 0.186. The Kier molecular flexibility index (Phi) is 11.0. The fraction of sp³-hybridized carbons (Fsp3) is 0.143. The Bertz CT molecular complexity index is 211. The predicted octanol–water partition coefficient (Wildman–Crippen LogP) is -0.293. The Morgan fingerprint density at radius 2 is 1.77 bits per heavy atom. The molecule has 70 valence electrons. The first kappa shape index (κ1) is 18.9. The molecule has 1 rings (SSSR count). The summed E-state index contributed by atoms with van der Waals surface area (Å²) in [5, 5.41) is 0. The van der Waals surface area contributed by atoms with Gasteiger partial charge in [-0.1, -0.05) is 5.56 Å². The van der Waals surface area contributed by atoms with Crippen LogP contribution in [0.3, 0.4) is 0 Å². The molecule has 0 nitrogen and oxygen atoms in total. The van der Waals surface area contributed by atoms with Crippen LogP contribution in [0.5, 0.6) is 0 Å². The monoisotopic (exact) mass is 268 g/mol. The number of hydrogen-bond donors (Lipinski definition) is 0. The van der Waals surface area contributed by atoms with E-state index in [9.17, 15) is 13.2 Å². The topological polar surface area (TPSA) is 0 Å². The average molecular weight is 269 g/mol. The van der Waals surface area contributed by atoms with Gasteiger partial charge in [-0.3, -0.25) is 0 Å². The number of alkyl halides is 3. The van der Waals surface area contributed by atoms with Gasteiger partial charge in [-0.25, -0.2) is 0 Å². The smallest absolute Gasteiger partial charge is 1.00 e. The molecule has 0 atom stereocenters. The Morgan fingerprint density at radius 3 is 2.00 bits per heavy atom. The van der Waals surface area contributed by atoms with Gasteiger partial charge in [0.1, 0.15) is 0 Å². The normalized spacial score (nSPS) is 8.85. The molecule has 0 unspecified atom stereocenters. The SMILES string of the molecule is Br.FC(F)(F)c1c[c-]ccc1.[F-].[Mg+2]. The zero-order valence-electron chi connectivity index (χ0n) is 6.44. The third kappa shape index (κ3) is 6.28. The molecule has 0 saturated carbocycles. The summed E-state index contributed by atoms with van der Waals surface area (Å²) in [4.78, 5) is 0. The molecule has 0 N–H and O–H groups in total. The van der Waals surface area contributed by atoms with Gasteiger partial charge in [-0.15, -0.1) is 17.0 Å².